The number of hydrogen-bond donors (Lipinski definition) is 2. The SMILES string of the molecule is Cl.Nc1ccc(CCl)c(C(=O)O)c1. The Morgan fingerprint density at radius 2 is 2.15 bits per heavy atom. The summed E-state index contributed by atoms with van der Waals surface area (Å²) in [6.07, 6.45) is 0. The lowest BCUT2D eigenvalue weighted by Gasteiger charge is -2.02. The summed E-state index contributed by atoms with van der Waals surface area (Å²) in [6, 6.07) is 4.65. The van der Waals surface area contributed by atoms with Crippen LogP contribution < -0.4 is 5.73 Å². The summed E-state index contributed by atoms with van der Waals surface area (Å²) in [4.78, 5) is 10.6. The molecule has 3 nitrogen and oxygen atoms in total. The molecule has 0 heterocycles. The summed E-state index contributed by atoms with van der Waals surface area (Å²) in [5.74, 6) is -0.819. The van der Waals surface area contributed by atoms with Gasteiger partial charge in [0.25, 0.3) is 0 Å². The van der Waals surface area contributed by atoms with Crippen LogP contribution in [0.2, 0.25) is 0 Å². The van der Waals surface area contributed by atoms with E-state index in [2.05, 4.69) is 0 Å². The number of halogens is 2. The first-order valence-corrected chi connectivity index (χ1v) is 3.86. The highest BCUT2D eigenvalue weighted by atomic mass is 35.5. The maximum atomic E-state index is 10.6. The van der Waals surface area contributed by atoms with E-state index in [9.17, 15) is 4.79 Å². The van der Waals surface area contributed by atoms with Crippen molar-refractivity contribution in [1.82, 2.24) is 0 Å². The highest BCUT2D eigenvalue weighted by Crippen LogP contribution is 2.15. The monoisotopic (exact) mass is 221 g/mol. The molecule has 0 unspecified atom stereocenters. The zero-order valence-corrected chi connectivity index (χ0v) is 8.23. The highest BCUT2D eigenvalue weighted by molar-refractivity contribution is 6.17. The minimum absolute atomic E-state index is 0. The Morgan fingerprint density at radius 3 is 2.62 bits per heavy atom. The number of carboxylic acids is 1. The maximum Gasteiger partial charge on any atom is 0.336 e. The molecule has 3 N–H and O–H groups in total. The van der Waals surface area contributed by atoms with Crippen molar-refractivity contribution in [2.75, 3.05) is 5.73 Å². The zero-order valence-electron chi connectivity index (χ0n) is 6.66. The van der Waals surface area contributed by atoms with Crippen molar-refractivity contribution in [3.63, 3.8) is 0 Å². The summed E-state index contributed by atoms with van der Waals surface area (Å²) in [5.41, 5.74) is 6.60. The topological polar surface area (TPSA) is 63.3 Å². The molecule has 0 saturated carbocycles. The van der Waals surface area contributed by atoms with E-state index in [0.29, 0.717) is 11.3 Å². The Kier molecular flexibility index (Phi) is 4.59. The van der Waals surface area contributed by atoms with Crippen molar-refractivity contribution < 1.29 is 9.90 Å². The van der Waals surface area contributed by atoms with Crippen molar-refractivity contribution >= 4 is 35.7 Å². The minimum atomic E-state index is -1.00. The standard InChI is InChI=1S/C8H8ClNO2.ClH/c9-4-5-1-2-6(10)3-7(5)8(11)12;/h1-3H,4,10H2,(H,11,12);1H. The average molecular weight is 222 g/mol. The quantitative estimate of drug-likeness (QED) is 0.595. The van der Waals surface area contributed by atoms with Crippen LogP contribution >= 0.6 is 24.0 Å². The van der Waals surface area contributed by atoms with Crippen LogP contribution in [-0.4, -0.2) is 11.1 Å². The van der Waals surface area contributed by atoms with E-state index < -0.39 is 5.97 Å². The fraction of sp³-hybridized carbons (Fsp3) is 0.125. The Hall–Kier alpha value is -0.930. The molecule has 1 aromatic carbocycles. The number of carboxylic acid groups (broad SMARTS) is 1. The molecule has 13 heavy (non-hydrogen) atoms. The van der Waals surface area contributed by atoms with E-state index in [0.717, 1.165) is 0 Å². The predicted octanol–water partition coefficient (Wildman–Crippen LogP) is 2.13. The fourth-order valence-electron chi connectivity index (χ4n) is 0.910. The Labute approximate surface area is 86.9 Å². The lowest BCUT2D eigenvalue weighted by molar-refractivity contribution is 0.0696. The number of carbonyl (C=O) groups is 1. The summed E-state index contributed by atoms with van der Waals surface area (Å²) < 4.78 is 0. The van der Waals surface area contributed by atoms with Crippen LogP contribution in [0.5, 0.6) is 0 Å². The van der Waals surface area contributed by atoms with E-state index in [1.54, 1.807) is 12.1 Å². The minimum Gasteiger partial charge on any atom is -0.478 e. The van der Waals surface area contributed by atoms with Crippen molar-refractivity contribution in [1.29, 1.82) is 0 Å². The van der Waals surface area contributed by atoms with Gasteiger partial charge in [-0.15, -0.1) is 24.0 Å². The second kappa shape index (κ2) is 4.94. The van der Waals surface area contributed by atoms with Crippen molar-refractivity contribution in [2.45, 2.75) is 5.88 Å². The Morgan fingerprint density at radius 1 is 1.54 bits per heavy atom. The normalized spacial score (nSPS) is 9.00. The second-order valence-corrected chi connectivity index (χ2v) is 2.62. The zero-order chi connectivity index (χ0) is 9.14. The van der Waals surface area contributed by atoms with Crippen LogP contribution in [0.3, 0.4) is 0 Å². The molecule has 1 aromatic rings. The number of benzene rings is 1. The summed E-state index contributed by atoms with van der Waals surface area (Å²) in [6.45, 7) is 0. The van der Waals surface area contributed by atoms with Gasteiger partial charge in [-0.1, -0.05) is 6.07 Å². The number of aromatic carboxylic acids is 1. The first kappa shape index (κ1) is 12.1. The first-order chi connectivity index (χ1) is 5.65. The van der Waals surface area contributed by atoms with Crippen molar-refractivity contribution in [3.8, 4) is 0 Å². The molecule has 0 aliphatic heterocycles. The molecule has 0 saturated heterocycles. The molecular formula is C8H9Cl2NO2. The third-order valence-corrected chi connectivity index (χ3v) is 1.80. The lowest BCUT2D eigenvalue weighted by atomic mass is 10.1. The van der Waals surface area contributed by atoms with Gasteiger partial charge < -0.3 is 10.8 Å². The summed E-state index contributed by atoms with van der Waals surface area (Å²) in [5, 5.41) is 8.71. The molecule has 0 aliphatic carbocycles. The Bertz CT molecular complexity index is 315. The largest absolute Gasteiger partial charge is 0.478 e. The van der Waals surface area contributed by atoms with Gasteiger partial charge >= 0.3 is 5.97 Å². The summed E-state index contributed by atoms with van der Waals surface area (Å²) >= 11 is 5.52. The molecule has 72 valence electrons. The molecule has 0 aliphatic rings. The van der Waals surface area contributed by atoms with E-state index in [4.69, 9.17) is 22.4 Å². The molecular weight excluding hydrogens is 213 g/mol. The summed E-state index contributed by atoms with van der Waals surface area (Å²) in [7, 11) is 0. The molecule has 0 amide bonds. The van der Waals surface area contributed by atoms with Crippen LogP contribution in [-0.2, 0) is 5.88 Å². The molecule has 0 fully saturated rings. The van der Waals surface area contributed by atoms with Gasteiger partial charge in [-0.3, -0.25) is 0 Å². The van der Waals surface area contributed by atoms with Crippen LogP contribution in [0.4, 0.5) is 5.69 Å². The van der Waals surface area contributed by atoms with Crippen molar-refractivity contribution in [3.05, 3.63) is 29.3 Å². The maximum absolute atomic E-state index is 10.6. The van der Waals surface area contributed by atoms with Crippen molar-refractivity contribution in [2.24, 2.45) is 0 Å². The highest BCUT2D eigenvalue weighted by Gasteiger charge is 2.08. The molecule has 0 spiro atoms. The van der Waals surface area contributed by atoms with E-state index in [-0.39, 0.29) is 23.9 Å². The predicted molar refractivity (Wildman–Crippen MR) is 54.6 cm³/mol. The van der Waals surface area contributed by atoms with Crippen LogP contribution in [0.25, 0.3) is 0 Å². The molecule has 0 radical (unpaired) electrons. The number of anilines is 1. The van der Waals surface area contributed by atoms with Crippen LogP contribution in [0.15, 0.2) is 18.2 Å². The molecule has 0 aromatic heterocycles. The van der Waals surface area contributed by atoms with E-state index in [1.165, 1.54) is 6.07 Å². The van der Waals surface area contributed by atoms with Gasteiger partial charge in [0.15, 0.2) is 0 Å². The third kappa shape index (κ3) is 2.79. The third-order valence-electron chi connectivity index (χ3n) is 1.51. The number of nitrogen functional groups attached to an aromatic ring is 1. The number of rotatable bonds is 2. The smallest absolute Gasteiger partial charge is 0.336 e. The molecule has 5 heteroatoms. The molecule has 1 rings (SSSR count). The van der Waals surface area contributed by atoms with Gasteiger partial charge in [0, 0.05) is 11.6 Å². The molecule has 0 bridgehead atoms. The van der Waals surface area contributed by atoms with Gasteiger partial charge in [0.05, 0.1) is 5.56 Å². The first-order valence-electron chi connectivity index (χ1n) is 3.33. The molecule has 0 atom stereocenters. The van der Waals surface area contributed by atoms with E-state index in [1.807, 2.05) is 0 Å². The fourth-order valence-corrected chi connectivity index (χ4v) is 1.14. The van der Waals surface area contributed by atoms with Gasteiger partial charge in [-0.2, -0.15) is 0 Å². The lowest BCUT2D eigenvalue weighted by Crippen LogP contribution is -2.02. The number of hydrogen-bond acceptors (Lipinski definition) is 2. The number of alkyl halides is 1. The van der Waals surface area contributed by atoms with Gasteiger partial charge in [0.1, 0.15) is 0 Å². The van der Waals surface area contributed by atoms with E-state index >= 15 is 0 Å². The average Bonchev–Trinajstić information content (AvgIpc) is 2.04. The van der Waals surface area contributed by atoms with Gasteiger partial charge in [-0.05, 0) is 17.7 Å². The van der Waals surface area contributed by atoms with Gasteiger partial charge in [-0.25, -0.2) is 4.79 Å². The number of nitrogens with two attached hydrogens (primary N) is 1. The van der Waals surface area contributed by atoms with Gasteiger partial charge in [0.2, 0.25) is 0 Å². The van der Waals surface area contributed by atoms with Crippen LogP contribution in [0.1, 0.15) is 15.9 Å². The Balaban J connectivity index is 0.00000144. The van der Waals surface area contributed by atoms with Crippen LogP contribution in [0, 0.1) is 0 Å². The second-order valence-electron chi connectivity index (χ2n) is 2.36.